The lowest BCUT2D eigenvalue weighted by molar-refractivity contribution is 0.122. The summed E-state index contributed by atoms with van der Waals surface area (Å²) in [5.41, 5.74) is 7.50. The number of ether oxygens (including phenoxy) is 1. The van der Waals surface area contributed by atoms with Crippen LogP contribution in [-0.4, -0.2) is 31.3 Å². The topological polar surface area (TPSA) is 51.4 Å². The number of hydrogen-bond acceptors (Lipinski definition) is 4. The molecule has 2 N–H and O–H groups in total. The van der Waals surface area contributed by atoms with Gasteiger partial charge in [0, 0.05) is 13.1 Å². The predicted octanol–water partition coefficient (Wildman–Crippen LogP) is 0.809. The predicted molar refractivity (Wildman–Crippen MR) is 56.4 cm³/mol. The number of anilines is 2. The van der Waals surface area contributed by atoms with Crippen molar-refractivity contribution < 1.29 is 4.74 Å². The van der Waals surface area contributed by atoms with Gasteiger partial charge in [0.15, 0.2) is 0 Å². The maximum absolute atomic E-state index is 5.65. The van der Waals surface area contributed by atoms with E-state index in [9.17, 15) is 0 Å². The van der Waals surface area contributed by atoms with Gasteiger partial charge in [0.05, 0.1) is 25.1 Å². The zero-order chi connectivity index (χ0) is 9.97. The van der Waals surface area contributed by atoms with Crippen LogP contribution in [0.25, 0.3) is 0 Å². The maximum atomic E-state index is 5.65. The van der Waals surface area contributed by atoms with Crippen LogP contribution in [0.15, 0.2) is 12.3 Å². The fraction of sp³-hybridized carbons (Fsp3) is 0.500. The fourth-order valence-corrected chi connectivity index (χ4v) is 1.70. The first kappa shape index (κ1) is 9.27. The van der Waals surface area contributed by atoms with E-state index in [0.29, 0.717) is 0 Å². The van der Waals surface area contributed by atoms with Gasteiger partial charge in [0.2, 0.25) is 0 Å². The van der Waals surface area contributed by atoms with Crippen LogP contribution in [0.2, 0.25) is 0 Å². The summed E-state index contributed by atoms with van der Waals surface area (Å²) >= 11 is 0. The molecule has 0 unspecified atom stereocenters. The standard InChI is InChI=1S/C10H15N3O/c1-8-6-9(11)7-12-10(8)13-2-4-14-5-3-13/h6-7H,2-5,11H2,1H3. The Bertz CT molecular complexity index is 321. The van der Waals surface area contributed by atoms with E-state index in [4.69, 9.17) is 10.5 Å². The Kier molecular flexibility index (Phi) is 2.54. The van der Waals surface area contributed by atoms with Crippen molar-refractivity contribution in [2.45, 2.75) is 6.92 Å². The number of rotatable bonds is 1. The van der Waals surface area contributed by atoms with E-state index < -0.39 is 0 Å². The Hall–Kier alpha value is -1.29. The minimum Gasteiger partial charge on any atom is -0.397 e. The van der Waals surface area contributed by atoms with Crippen molar-refractivity contribution in [2.24, 2.45) is 0 Å². The highest BCUT2D eigenvalue weighted by Gasteiger charge is 2.14. The first-order valence-corrected chi connectivity index (χ1v) is 4.82. The Labute approximate surface area is 83.7 Å². The molecule has 1 aliphatic rings. The highest BCUT2D eigenvalue weighted by Crippen LogP contribution is 2.19. The van der Waals surface area contributed by atoms with Gasteiger partial charge in [-0.1, -0.05) is 0 Å². The second kappa shape index (κ2) is 3.84. The summed E-state index contributed by atoms with van der Waals surface area (Å²) in [6.45, 7) is 5.43. The third kappa shape index (κ3) is 1.80. The van der Waals surface area contributed by atoms with Crippen LogP contribution in [0.3, 0.4) is 0 Å². The number of hydrogen-bond donors (Lipinski definition) is 1. The molecule has 1 aliphatic heterocycles. The summed E-state index contributed by atoms with van der Waals surface area (Å²) in [5.74, 6) is 1.03. The molecule has 14 heavy (non-hydrogen) atoms. The van der Waals surface area contributed by atoms with Gasteiger partial charge < -0.3 is 15.4 Å². The Morgan fingerprint density at radius 2 is 2.14 bits per heavy atom. The molecule has 0 spiro atoms. The normalized spacial score (nSPS) is 17.1. The SMILES string of the molecule is Cc1cc(N)cnc1N1CCOCC1. The molecule has 1 fully saturated rings. The largest absolute Gasteiger partial charge is 0.397 e. The van der Waals surface area contributed by atoms with E-state index in [0.717, 1.165) is 43.4 Å². The average molecular weight is 193 g/mol. The Balaban J connectivity index is 2.22. The molecule has 1 aromatic heterocycles. The number of aryl methyl sites for hydroxylation is 1. The minimum absolute atomic E-state index is 0.722. The van der Waals surface area contributed by atoms with Crippen LogP contribution in [0.4, 0.5) is 11.5 Å². The molecular weight excluding hydrogens is 178 g/mol. The van der Waals surface area contributed by atoms with Crippen molar-refractivity contribution in [1.82, 2.24) is 4.98 Å². The van der Waals surface area contributed by atoms with Crippen LogP contribution in [0, 0.1) is 6.92 Å². The van der Waals surface area contributed by atoms with Crippen LogP contribution in [-0.2, 0) is 4.74 Å². The molecule has 76 valence electrons. The number of nitrogens with zero attached hydrogens (tertiary/aromatic N) is 2. The van der Waals surface area contributed by atoms with Crippen molar-refractivity contribution in [3.8, 4) is 0 Å². The summed E-state index contributed by atoms with van der Waals surface area (Å²) in [6.07, 6.45) is 1.71. The number of pyridine rings is 1. The van der Waals surface area contributed by atoms with Gasteiger partial charge in [0.25, 0.3) is 0 Å². The van der Waals surface area contributed by atoms with Crippen molar-refractivity contribution in [1.29, 1.82) is 0 Å². The van der Waals surface area contributed by atoms with E-state index in [1.54, 1.807) is 6.20 Å². The van der Waals surface area contributed by atoms with Gasteiger partial charge in [-0.15, -0.1) is 0 Å². The summed E-state index contributed by atoms with van der Waals surface area (Å²) in [6, 6.07) is 1.96. The highest BCUT2D eigenvalue weighted by molar-refractivity contribution is 5.52. The second-order valence-corrected chi connectivity index (χ2v) is 3.51. The van der Waals surface area contributed by atoms with E-state index in [1.165, 1.54) is 0 Å². The van der Waals surface area contributed by atoms with Crippen LogP contribution >= 0.6 is 0 Å². The molecule has 2 heterocycles. The third-order valence-corrected chi connectivity index (χ3v) is 2.38. The lowest BCUT2D eigenvalue weighted by atomic mass is 10.2. The smallest absolute Gasteiger partial charge is 0.131 e. The van der Waals surface area contributed by atoms with Gasteiger partial charge in [-0.2, -0.15) is 0 Å². The molecule has 2 rings (SSSR count). The molecule has 0 bridgehead atoms. The molecule has 0 radical (unpaired) electrons. The van der Waals surface area contributed by atoms with Gasteiger partial charge >= 0.3 is 0 Å². The quantitative estimate of drug-likeness (QED) is 0.717. The highest BCUT2D eigenvalue weighted by atomic mass is 16.5. The molecule has 1 saturated heterocycles. The summed E-state index contributed by atoms with van der Waals surface area (Å²) < 4.78 is 5.29. The molecule has 0 aromatic carbocycles. The molecule has 0 aliphatic carbocycles. The van der Waals surface area contributed by atoms with E-state index >= 15 is 0 Å². The van der Waals surface area contributed by atoms with Crippen LogP contribution in [0.1, 0.15) is 5.56 Å². The molecule has 0 atom stereocenters. The second-order valence-electron chi connectivity index (χ2n) is 3.51. The monoisotopic (exact) mass is 193 g/mol. The van der Waals surface area contributed by atoms with Crippen LogP contribution in [0.5, 0.6) is 0 Å². The number of nitrogens with two attached hydrogens (primary N) is 1. The van der Waals surface area contributed by atoms with Gasteiger partial charge in [-0.25, -0.2) is 4.98 Å². The summed E-state index contributed by atoms with van der Waals surface area (Å²) in [4.78, 5) is 6.58. The third-order valence-electron chi connectivity index (χ3n) is 2.38. The number of nitrogen functional groups attached to an aromatic ring is 1. The van der Waals surface area contributed by atoms with Crippen molar-refractivity contribution >= 4 is 11.5 Å². The first-order valence-electron chi connectivity index (χ1n) is 4.82. The molecular formula is C10H15N3O. The van der Waals surface area contributed by atoms with Gasteiger partial charge in [0.1, 0.15) is 5.82 Å². The molecule has 4 nitrogen and oxygen atoms in total. The summed E-state index contributed by atoms with van der Waals surface area (Å²) in [7, 11) is 0. The minimum atomic E-state index is 0.722. The van der Waals surface area contributed by atoms with E-state index in [2.05, 4.69) is 9.88 Å². The molecule has 0 saturated carbocycles. The number of morpholine rings is 1. The summed E-state index contributed by atoms with van der Waals surface area (Å²) in [5, 5.41) is 0. The van der Waals surface area contributed by atoms with Crippen molar-refractivity contribution in [3.05, 3.63) is 17.8 Å². The fourth-order valence-electron chi connectivity index (χ4n) is 1.70. The van der Waals surface area contributed by atoms with Gasteiger partial charge in [-0.3, -0.25) is 0 Å². The van der Waals surface area contributed by atoms with Crippen molar-refractivity contribution in [2.75, 3.05) is 36.9 Å². The lowest BCUT2D eigenvalue weighted by Crippen LogP contribution is -2.37. The molecule has 0 amide bonds. The van der Waals surface area contributed by atoms with Gasteiger partial charge in [-0.05, 0) is 18.6 Å². The molecule has 4 heteroatoms. The molecule has 1 aromatic rings. The zero-order valence-corrected chi connectivity index (χ0v) is 8.36. The Morgan fingerprint density at radius 3 is 2.79 bits per heavy atom. The Morgan fingerprint density at radius 1 is 1.43 bits per heavy atom. The van der Waals surface area contributed by atoms with E-state index in [1.807, 2.05) is 13.0 Å². The number of aromatic nitrogens is 1. The maximum Gasteiger partial charge on any atom is 0.131 e. The van der Waals surface area contributed by atoms with E-state index in [-0.39, 0.29) is 0 Å². The van der Waals surface area contributed by atoms with Crippen molar-refractivity contribution in [3.63, 3.8) is 0 Å². The first-order chi connectivity index (χ1) is 6.77. The lowest BCUT2D eigenvalue weighted by Gasteiger charge is -2.28. The van der Waals surface area contributed by atoms with Crippen LogP contribution < -0.4 is 10.6 Å². The average Bonchev–Trinajstić information content (AvgIpc) is 2.19. The zero-order valence-electron chi connectivity index (χ0n) is 8.36.